The van der Waals surface area contributed by atoms with E-state index >= 15 is 0 Å². The maximum Gasteiger partial charge on any atom is 0.338 e. The summed E-state index contributed by atoms with van der Waals surface area (Å²) in [5.74, 6) is 0.822. The van der Waals surface area contributed by atoms with Gasteiger partial charge in [-0.2, -0.15) is 0 Å². The van der Waals surface area contributed by atoms with E-state index in [1.807, 2.05) is 60.7 Å². The molecule has 0 bridgehead atoms. The monoisotopic (exact) mass is 400 g/mol. The summed E-state index contributed by atoms with van der Waals surface area (Å²) in [6.45, 7) is 2.15. The van der Waals surface area contributed by atoms with E-state index in [1.165, 1.54) is 0 Å². The van der Waals surface area contributed by atoms with Gasteiger partial charge in [-0.15, -0.1) is 10.2 Å². The van der Waals surface area contributed by atoms with Crippen molar-refractivity contribution >= 4 is 5.97 Å². The topological polar surface area (TPSA) is 74.5 Å². The number of hydrogen-bond donors (Lipinski definition) is 0. The lowest BCUT2D eigenvalue weighted by Gasteiger charge is -2.10. The van der Waals surface area contributed by atoms with Gasteiger partial charge in [0.2, 0.25) is 5.89 Å². The van der Waals surface area contributed by atoms with Crippen molar-refractivity contribution in [3.63, 3.8) is 0 Å². The van der Waals surface area contributed by atoms with Crippen LogP contribution >= 0.6 is 0 Å². The molecule has 6 heteroatoms. The van der Waals surface area contributed by atoms with E-state index in [2.05, 4.69) is 10.2 Å². The largest absolute Gasteiger partial charge is 0.489 e. The second-order valence-electron chi connectivity index (χ2n) is 6.66. The Morgan fingerprint density at radius 3 is 2.27 bits per heavy atom. The molecule has 0 radical (unpaired) electrons. The van der Waals surface area contributed by atoms with E-state index in [1.54, 1.807) is 31.2 Å². The van der Waals surface area contributed by atoms with E-state index in [4.69, 9.17) is 13.9 Å². The van der Waals surface area contributed by atoms with E-state index in [9.17, 15) is 4.79 Å². The first-order valence-electron chi connectivity index (χ1n) is 9.55. The molecule has 1 atom stereocenters. The van der Waals surface area contributed by atoms with Crippen LogP contribution in [-0.2, 0) is 11.3 Å². The second kappa shape index (κ2) is 9.05. The summed E-state index contributed by atoms with van der Waals surface area (Å²) in [6.07, 6.45) is -0.670. The van der Waals surface area contributed by atoms with Crippen LogP contribution in [0.5, 0.6) is 5.75 Å². The molecule has 0 saturated carbocycles. The Hall–Kier alpha value is -3.93. The number of carbonyl (C=O) groups excluding carboxylic acids is 1. The summed E-state index contributed by atoms with van der Waals surface area (Å²) in [7, 11) is 0. The fourth-order valence-corrected chi connectivity index (χ4v) is 2.80. The van der Waals surface area contributed by atoms with Crippen molar-refractivity contribution < 1.29 is 18.7 Å². The average molecular weight is 400 g/mol. The fourth-order valence-electron chi connectivity index (χ4n) is 2.80. The van der Waals surface area contributed by atoms with Crippen molar-refractivity contribution in [3.8, 4) is 17.2 Å². The molecule has 0 aliphatic heterocycles. The summed E-state index contributed by atoms with van der Waals surface area (Å²) in [5, 5.41) is 8.01. The summed E-state index contributed by atoms with van der Waals surface area (Å²) in [6, 6.07) is 26.1. The van der Waals surface area contributed by atoms with E-state index in [0.29, 0.717) is 23.8 Å². The first-order valence-corrected chi connectivity index (χ1v) is 9.55. The van der Waals surface area contributed by atoms with Gasteiger partial charge in [0.25, 0.3) is 5.89 Å². The minimum Gasteiger partial charge on any atom is -0.489 e. The highest BCUT2D eigenvalue weighted by molar-refractivity contribution is 5.89. The Morgan fingerprint density at radius 2 is 1.57 bits per heavy atom. The van der Waals surface area contributed by atoms with Gasteiger partial charge in [-0.3, -0.25) is 0 Å². The highest BCUT2D eigenvalue weighted by atomic mass is 16.6. The molecular formula is C24H20N2O4. The van der Waals surface area contributed by atoms with Crippen molar-refractivity contribution in [3.05, 3.63) is 102 Å². The molecule has 0 saturated heterocycles. The quantitative estimate of drug-likeness (QED) is 0.395. The molecule has 0 aliphatic rings. The minimum absolute atomic E-state index is 0.241. The third-order valence-corrected chi connectivity index (χ3v) is 4.43. The van der Waals surface area contributed by atoms with Crippen molar-refractivity contribution in [2.45, 2.75) is 19.6 Å². The second-order valence-corrected chi connectivity index (χ2v) is 6.66. The van der Waals surface area contributed by atoms with Crippen molar-refractivity contribution in [1.82, 2.24) is 10.2 Å². The normalized spacial score (nSPS) is 11.6. The summed E-state index contributed by atoms with van der Waals surface area (Å²) >= 11 is 0. The van der Waals surface area contributed by atoms with Gasteiger partial charge in [0.05, 0.1) is 5.56 Å². The molecular weight excluding hydrogens is 380 g/mol. The molecule has 0 N–H and O–H groups in total. The Bertz CT molecular complexity index is 1090. The molecule has 0 aliphatic carbocycles. The number of carbonyl (C=O) groups is 1. The van der Waals surface area contributed by atoms with Gasteiger partial charge < -0.3 is 13.9 Å². The molecule has 4 rings (SSSR count). The van der Waals surface area contributed by atoms with Gasteiger partial charge in [-0.05, 0) is 48.9 Å². The molecule has 4 aromatic rings. The molecule has 3 aromatic carbocycles. The van der Waals surface area contributed by atoms with Crippen LogP contribution in [0.4, 0.5) is 0 Å². The highest BCUT2D eigenvalue weighted by Gasteiger charge is 2.20. The van der Waals surface area contributed by atoms with Crippen LogP contribution in [-0.4, -0.2) is 16.2 Å². The molecule has 0 unspecified atom stereocenters. The number of aromatic nitrogens is 2. The number of ether oxygens (including phenoxy) is 2. The fraction of sp³-hybridized carbons (Fsp3) is 0.125. The van der Waals surface area contributed by atoms with E-state index < -0.39 is 12.1 Å². The van der Waals surface area contributed by atoms with Crippen LogP contribution in [0.3, 0.4) is 0 Å². The lowest BCUT2D eigenvalue weighted by molar-refractivity contribution is 0.0280. The first kappa shape index (κ1) is 19.4. The van der Waals surface area contributed by atoms with Crippen molar-refractivity contribution in [2.24, 2.45) is 0 Å². The molecule has 150 valence electrons. The van der Waals surface area contributed by atoms with E-state index in [-0.39, 0.29) is 5.89 Å². The average Bonchev–Trinajstić information content (AvgIpc) is 3.30. The van der Waals surface area contributed by atoms with Crippen LogP contribution in [0.1, 0.15) is 34.8 Å². The summed E-state index contributed by atoms with van der Waals surface area (Å²) < 4.78 is 16.8. The molecule has 1 heterocycles. The lowest BCUT2D eigenvalue weighted by Crippen LogP contribution is -2.09. The molecule has 6 nitrogen and oxygen atoms in total. The van der Waals surface area contributed by atoms with Gasteiger partial charge in [0.1, 0.15) is 12.4 Å². The van der Waals surface area contributed by atoms with Crippen LogP contribution in [0, 0.1) is 0 Å². The Labute approximate surface area is 174 Å². The summed E-state index contributed by atoms with van der Waals surface area (Å²) in [4.78, 5) is 12.4. The number of hydrogen-bond acceptors (Lipinski definition) is 6. The predicted octanol–water partition coefficient (Wildman–Crippen LogP) is 5.23. The molecule has 30 heavy (non-hydrogen) atoms. The zero-order chi connectivity index (χ0) is 20.8. The molecule has 1 aromatic heterocycles. The van der Waals surface area contributed by atoms with Gasteiger partial charge >= 0.3 is 5.97 Å². The van der Waals surface area contributed by atoms with Crippen LogP contribution < -0.4 is 4.74 Å². The Morgan fingerprint density at radius 1 is 0.900 bits per heavy atom. The van der Waals surface area contributed by atoms with E-state index in [0.717, 1.165) is 11.1 Å². The summed E-state index contributed by atoms with van der Waals surface area (Å²) in [5.41, 5.74) is 2.29. The van der Waals surface area contributed by atoms with Gasteiger partial charge in [0, 0.05) is 5.56 Å². The zero-order valence-electron chi connectivity index (χ0n) is 16.4. The minimum atomic E-state index is -0.670. The Kier molecular flexibility index (Phi) is 5.85. The predicted molar refractivity (Wildman–Crippen MR) is 111 cm³/mol. The zero-order valence-corrected chi connectivity index (χ0v) is 16.4. The van der Waals surface area contributed by atoms with Crippen LogP contribution in [0.15, 0.2) is 89.3 Å². The van der Waals surface area contributed by atoms with Gasteiger partial charge in [-0.25, -0.2) is 4.79 Å². The molecule has 0 amide bonds. The standard InChI is InChI=1S/C24H20N2O4/c1-17(22-25-26-23(30-22)19-10-6-3-7-11-19)29-24(27)20-12-14-21(15-13-20)28-16-18-8-4-2-5-9-18/h2-15,17H,16H2,1H3/t17-/m1/s1. The number of nitrogens with zero attached hydrogens (tertiary/aromatic N) is 2. The SMILES string of the molecule is C[C@@H](OC(=O)c1ccc(OCc2ccccc2)cc1)c1nnc(-c2ccccc2)o1. The molecule has 0 fully saturated rings. The third kappa shape index (κ3) is 4.72. The number of esters is 1. The third-order valence-electron chi connectivity index (χ3n) is 4.43. The van der Waals surface area contributed by atoms with Gasteiger partial charge in [-0.1, -0.05) is 48.5 Å². The number of benzene rings is 3. The molecule has 0 spiro atoms. The maximum absolute atomic E-state index is 12.4. The lowest BCUT2D eigenvalue weighted by atomic mass is 10.2. The number of rotatable bonds is 7. The Balaban J connectivity index is 1.35. The maximum atomic E-state index is 12.4. The highest BCUT2D eigenvalue weighted by Crippen LogP contribution is 2.23. The first-order chi connectivity index (χ1) is 14.7. The van der Waals surface area contributed by atoms with Crippen molar-refractivity contribution in [1.29, 1.82) is 0 Å². The van der Waals surface area contributed by atoms with Crippen LogP contribution in [0.2, 0.25) is 0 Å². The van der Waals surface area contributed by atoms with Crippen molar-refractivity contribution in [2.75, 3.05) is 0 Å². The van der Waals surface area contributed by atoms with Gasteiger partial charge in [0.15, 0.2) is 6.10 Å². The smallest absolute Gasteiger partial charge is 0.338 e. The van der Waals surface area contributed by atoms with Crippen LogP contribution in [0.25, 0.3) is 11.5 Å².